The lowest BCUT2D eigenvalue weighted by molar-refractivity contribution is 0.387. The topological polar surface area (TPSA) is 76.9 Å². The van der Waals surface area contributed by atoms with Crippen molar-refractivity contribution in [3.05, 3.63) is 42.0 Å². The lowest BCUT2D eigenvalue weighted by Crippen LogP contribution is -2.31. The average molecular weight is 326 g/mol. The number of methoxy groups -OCH3 is 1. The minimum atomic E-state index is 0.633. The number of hydrogen-bond donors (Lipinski definition) is 0. The molecular formula is C15H14N6OS. The molecule has 1 aliphatic rings. The standard InChI is InChI=1S/C15H14N6OS/c1-22-13-10-8-21(7-5-11(10)17-9-18-13)15-20-19-14(23-15)12-4-2-3-6-16-12/h2-4,6,9H,5,7-8H2,1H3. The number of nitrogens with zero attached hydrogens (tertiary/aromatic N) is 6. The van der Waals surface area contributed by atoms with E-state index in [0.717, 1.165) is 40.1 Å². The smallest absolute Gasteiger partial charge is 0.221 e. The quantitative estimate of drug-likeness (QED) is 0.728. The first-order valence-electron chi connectivity index (χ1n) is 7.22. The number of pyridine rings is 1. The van der Waals surface area contributed by atoms with E-state index in [-0.39, 0.29) is 0 Å². The second-order valence-electron chi connectivity index (χ2n) is 5.08. The molecule has 0 N–H and O–H groups in total. The second kappa shape index (κ2) is 5.88. The molecule has 0 aromatic carbocycles. The van der Waals surface area contributed by atoms with Gasteiger partial charge in [-0.15, -0.1) is 10.2 Å². The maximum atomic E-state index is 5.35. The van der Waals surface area contributed by atoms with Crippen LogP contribution in [0.4, 0.5) is 5.13 Å². The van der Waals surface area contributed by atoms with E-state index in [1.165, 1.54) is 0 Å². The molecule has 0 radical (unpaired) electrons. The van der Waals surface area contributed by atoms with Gasteiger partial charge in [-0.25, -0.2) is 9.97 Å². The number of hydrogen-bond acceptors (Lipinski definition) is 8. The van der Waals surface area contributed by atoms with Crippen molar-refractivity contribution in [1.29, 1.82) is 0 Å². The fraction of sp³-hybridized carbons (Fsp3) is 0.267. The summed E-state index contributed by atoms with van der Waals surface area (Å²) in [6.45, 7) is 1.53. The Balaban J connectivity index is 1.62. The number of anilines is 1. The molecule has 116 valence electrons. The van der Waals surface area contributed by atoms with E-state index < -0.39 is 0 Å². The molecule has 4 heterocycles. The molecule has 0 unspecified atom stereocenters. The van der Waals surface area contributed by atoms with Gasteiger partial charge in [-0.3, -0.25) is 4.98 Å². The van der Waals surface area contributed by atoms with Gasteiger partial charge < -0.3 is 9.64 Å². The van der Waals surface area contributed by atoms with Crippen molar-refractivity contribution in [3.63, 3.8) is 0 Å². The highest BCUT2D eigenvalue weighted by atomic mass is 32.1. The second-order valence-corrected chi connectivity index (χ2v) is 6.04. The first-order valence-corrected chi connectivity index (χ1v) is 8.03. The molecule has 0 atom stereocenters. The minimum Gasteiger partial charge on any atom is -0.481 e. The Morgan fingerprint density at radius 1 is 1.17 bits per heavy atom. The van der Waals surface area contributed by atoms with E-state index in [1.54, 1.807) is 31.0 Å². The third-order valence-corrected chi connectivity index (χ3v) is 4.73. The molecule has 1 aliphatic heterocycles. The van der Waals surface area contributed by atoms with Gasteiger partial charge in [0, 0.05) is 19.2 Å². The van der Waals surface area contributed by atoms with Crippen LogP contribution in [0.15, 0.2) is 30.7 Å². The first-order chi connectivity index (χ1) is 11.3. The molecule has 0 bridgehead atoms. The van der Waals surface area contributed by atoms with Crippen LogP contribution in [-0.2, 0) is 13.0 Å². The van der Waals surface area contributed by atoms with Crippen LogP contribution < -0.4 is 9.64 Å². The zero-order valence-corrected chi connectivity index (χ0v) is 13.3. The summed E-state index contributed by atoms with van der Waals surface area (Å²) in [6, 6.07) is 5.77. The molecule has 0 saturated heterocycles. The fourth-order valence-corrected chi connectivity index (χ4v) is 3.44. The van der Waals surface area contributed by atoms with Gasteiger partial charge in [0.15, 0.2) is 5.01 Å². The van der Waals surface area contributed by atoms with Crippen LogP contribution in [-0.4, -0.2) is 38.8 Å². The summed E-state index contributed by atoms with van der Waals surface area (Å²) in [5.41, 5.74) is 2.91. The van der Waals surface area contributed by atoms with Gasteiger partial charge in [-0.05, 0) is 12.1 Å². The Kier molecular flexibility index (Phi) is 3.58. The highest BCUT2D eigenvalue weighted by Gasteiger charge is 2.24. The summed E-state index contributed by atoms with van der Waals surface area (Å²) in [7, 11) is 1.63. The maximum Gasteiger partial charge on any atom is 0.221 e. The Morgan fingerprint density at radius 2 is 2.13 bits per heavy atom. The molecule has 0 amide bonds. The summed E-state index contributed by atoms with van der Waals surface area (Å²) in [5, 5.41) is 10.3. The molecular weight excluding hydrogens is 312 g/mol. The zero-order valence-electron chi connectivity index (χ0n) is 12.5. The lowest BCUT2D eigenvalue weighted by Gasteiger charge is -2.27. The summed E-state index contributed by atoms with van der Waals surface area (Å²) >= 11 is 1.54. The molecule has 7 nitrogen and oxygen atoms in total. The van der Waals surface area contributed by atoms with E-state index in [2.05, 4.69) is 30.0 Å². The van der Waals surface area contributed by atoms with Gasteiger partial charge >= 0.3 is 0 Å². The van der Waals surface area contributed by atoms with Crippen LogP contribution in [0, 0.1) is 0 Å². The van der Waals surface area contributed by atoms with Crippen LogP contribution in [0.25, 0.3) is 10.7 Å². The maximum absolute atomic E-state index is 5.35. The van der Waals surface area contributed by atoms with Crippen molar-refractivity contribution in [2.45, 2.75) is 13.0 Å². The summed E-state index contributed by atoms with van der Waals surface area (Å²) in [6.07, 6.45) is 4.15. The number of ether oxygens (including phenoxy) is 1. The fourth-order valence-electron chi connectivity index (χ4n) is 2.59. The van der Waals surface area contributed by atoms with E-state index in [4.69, 9.17) is 4.74 Å². The molecule has 0 aliphatic carbocycles. The number of fused-ring (bicyclic) bond motifs is 1. The molecule has 0 fully saturated rings. The Labute approximate surface area is 137 Å². The largest absolute Gasteiger partial charge is 0.481 e. The van der Waals surface area contributed by atoms with Crippen molar-refractivity contribution in [1.82, 2.24) is 25.1 Å². The van der Waals surface area contributed by atoms with E-state index >= 15 is 0 Å². The van der Waals surface area contributed by atoms with Gasteiger partial charge in [0.1, 0.15) is 12.0 Å². The van der Waals surface area contributed by atoms with E-state index in [0.29, 0.717) is 12.4 Å². The van der Waals surface area contributed by atoms with Crippen molar-refractivity contribution in [2.24, 2.45) is 0 Å². The number of aromatic nitrogens is 5. The predicted molar refractivity (Wildman–Crippen MR) is 86.5 cm³/mol. The summed E-state index contributed by atoms with van der Waals surface area (Å²) in [4.78, 5) is 15.0. The van der Waals surface area contributed by atoms with Crippen LogP contribution in [0.3, 0.4) is 0 Å². The molecule has 0 saturated carbocycles. The SMILES string of the molecule is COc1ncnc2c1CN(c1nnc(-c3ccccn3)s1)CC2. The van der Waals surface area contributed by atoms with Crippen molar-refractivity contribution < 1.29 is 4.74 Å². The molecule has 8 heteroatoms. The van der Waals surface area contributed by atoms with Gasteiger partial charge in [0.25, 0.3) is 0 Å². The Bertz CT molecular complexity index is 808. The highest BCUT2D eigenvalue weighted by molar-refractivity contribution is 7.18. The van der Waals surface area contributed by atoms with E-state index in [9.17, 15) is 0 Å². The van der Waals surface area contributed by atoms with Crippen molar-refractivity contribution in [2.75, 3.05) is 18.6 Å². The van der Waals surface area contributed by atoms with Gasteiger partial charge in [0.2, 0.25) is 11.0 Å². The van der Waals surface area contributed by atoms with Gasteiger partial charge in [-0.1, -0.05) is 17.4 Å². The van der Waals surface area contributed by atoms with Crippen LogP contribution >= 0.6 is 11.3 Å². The van der Waals surface area contributed by atoms with Crippen LogP contribution in [0.5, 0.6) is 5.88 Å². The van der Waals surface area contributed by atoms with Crippen LogP contribution in [0.1, 0.15) is 11.3 Å². The molecule has 3 aromatic heterocycles. The third kappa shape index (κ3) is 2.61. The first kappa shape index (κ1) is 14.0. The molecule has 3 aromatic rings. The third-order valence-electron chi connectivity index (χ3n) is 3.72. The lowest BCUT2D eigenvalue weighted by atomic mass is 10.1. The molecule has 4 rings (SSSR count). The van der Waals surface area contributed by atoms with Gasteiger partial charge in [0.05, 0.1) is 24.9 Å². The van der Waals surface area contributed by atoms with Crippen molar-refractivity contribution >= 4 is 16.5 Å². The Hall–Kier alpha value is -2.61. The van der Waals surface area contributed by atoms with Gasteiger partial charge in [-0.2, -0.15) is 0 Å². The average Bonchev–Trinajstić information content (AvgIpc) is 3.11. The van der Waals surface area contributed by atoms with E-state index in [1.807, 2.05) is 18.2 Å². The normalized spacial score (nSPS) is 13.7. The monoisotopic (exact) mass is 326 g/mol. The predicted octanol–water partition coefficient (Wildman–Crippen LogP) is 1.96. The number of rotatable bonds is 3. The zero-order chi connectivity index (χ0) is 15.6. The van der Waals surface area contributed by atoms with Crippen molar-refractivity contribution in [3.8, 4) is 16.6 Å². The minimum absolute atomic E-state index is 0.633. The summed E-state index contributed by atoms with van der Waals surface area (Å²) in [5.74, 6) is 0.633. The van der Waals surface area contributed by atoms with Crippen LogP contribution in [0.2, 0.25) is 0 Å². The molecule has 23 heavy (non-hydrogen) atoms. The highest BCUT2D eigenvalue weighted by Crippen LogP contribution is 2.32. The Morgan fingerprint density at radius 3 is 2.96 bits per heavy atom. The summed E-state index contributed by atoms with van der Waals surface area (Å²) < 4.78 is 5.35. The molecule has 0 spiro atoms.